The number of nitrogens with zero attached hydrogens (tertiary/aromatic N) is 1. The standard InChI is InChI=1S/C27H22F2N2O2/c28-20-8-3-17(4-9-20)1-2-18-5-12-24-23(15-18)26-22(25(16-32)30-24)13-14-31(26)27(33)19-6-10-21(29)11-7-19/h3-12,15,22,25-26,30,32H,13-14,16H2/t22-,25-,26-/m1/s1. The summed E-state index contributed by atoms with van der Waals surface area (Å²) in [5.41, 5.74) is 3.73. The van der Waals surface area contributed by atoms with Crippen LogP contribution in [-0.4, -0.2) is 35.1 Å². The van der Waals surface area contributed by atoms with Gasteiger partial charge in [-0.2, -0.15) is 0 Å². The highest BCUT2D eigenvalue weighted by Crippen LogP contribution is 2.47. The van der Waals surface area contributed by atoms with Gasteiger partial charge in [-0.25, -0.2) is 8.78 Å². The zero-order valence-corrected chi connectivity index (χ0v) is 17.8. The lowest BCUT2D eigenvalue weighted by atomic mass is 9.82. The molecular weight excluding hydrogens is 422 g/mol. The molecule has 3 aromatic carbocycles. The van der Waals surface area contributed by atoms with Gasteiger partial charge in [0.25, 0.3) is 5.91 Å². The van der Waals surface area contributed by atoms with Gasteiger partial charge in [-0.15, -0.1) is 0 Å². The van der Waals surface area contributed by atoms with Crippen LogP contribution >= 0.6 is 0 Å². The van der Waals surface area contributed by atoms with Gasteiger partial charge < -0.3 is 15.3 Å². The van der Waals surface area contributed by atoms with E-state index in [1.54, 1.807) is 12.1 Å². The lowest BCUT2D eigenvalue weighted by Crippen LogP contribution is -2.42. The summed E-state index contributed by atoms with van der Waals surface area (Å²) in [5.74, 6) is 5.37. The van der Waals surface area contributed by atoms with E-state index in [0.717, 1.165) is 23.2 Å². The number of amides is 1. The smallest absolute Gasteiger partial charge is 0.254 e. The molecule has 2 heterocycles. The number of carbonyl (C=O) groups excluding carboxylic acids is 1. The van der Waals surface area contributed by atoms with Gasteiger partial charge in [-0.05, 0) is 78.7 Å². The maximum Gasteiger partial charge on any atom is 0.254 e. The summed E-state index contributed by atoms with van der Waals surface area (Å²) in [6.07, 6.45) is 0.751. The molecule has 0 saturated carbocycles. The van der Waals surface area contributed by atoms with Crippen molar-refractivity contribution in [1.82, 2.24) is 4.90 Å². The van der Waals surface area contributed by atoms with Crippen molar-refractivity contribution in [1.29, 1.82) is 0 Å². The molecule has 6 heteroatoms. The molecular formula is C27H22F2N2O2. The number of rotatable bonds is 2. The second kappa shape index (κ2) is 8.68. The van der Waals surface area contributed by atoms with Crippen LogP contribution in [-0.2, 0) is 0 Å². The van der Waals surface area contributed by atoms with E-state index in [1.807, 2.05) is 23.1 Å². The highest BCUT2D eigenvalue weighted by molar-refractivity contribution is 5.95. The first-order valence-electron chi connectivity index (χ1n) is 10.9. The Morgan fingerprint density at radius 1 is 0.970 bits per heavy atom. The third kappa shape index (κ3) is 4.08. The van der Waals surface area contributed by atoms with Gasteiger partial charge in [-0.1, -0.05) is 11.8 Å². The molecule has 5 rings (SSSR count). The van der Waals surface area contributed by atoms with Crippen molar-refractivity contribution in [2.75, 3.05) is 18.5 Å². The largest absolute Gasteiger partial charge is 0.394 e. The van der Waals surface area contributed by atoms with Crippen molar-refractivity contribution in [3.05, 3.63) is 101 Å². The highest BCUT2D eigenvalue weighted by Gasteiger charge is 2.45. The van der Waals surface area contributed by atoms with E-state index in [4.69, 9.17) is 0 Å². The number of anilines is 1. The molecule has 0 spiro atoms. The van der Waals surface area contributed by atoms with Gasteiger partial charge in [0, 0.05) is 34.8 Å². The molecule has 166 valence electrons. The van der Waals surface area contributed by atoms with Gasteiger partial charge in [0.15, 0.2) is 0 Å². The summed E-state index contributed by atoms with van der Waals surface area (Å²) in [5, 5.41) is 13.4. The average molecular weight is 444 g/mol. The molecule has 2 N–H and O–H groups in total. The summed E-state index contributed by atoms with van der Waals surface area (Å²) in [7, 11) is 0. The number of nitrogens with one attached hydrogen (secondary N) is 1. The number of fused-ring (bicyclic) bond motifs is 3. The van der Waals surface area contributed by atoms with Gasteiger partial charge in [0.05, 0.1) is 18.7 Å². The van der Waals surface area contributed by atoms with Crippen LogP contribution in [0.5, 0.6) is 0 Å². The second-order valence-electron chi connectivity index (χ2n) is 8.40. The Morgan fingerprint density at radius 3 is 2.30 bits per heavy atom. The summed E-state index contributed by atoms with van der Waals surface area (Å²) < 4.78 is 26.5. The predicted octanol–water partition coefficient (Wildman–Crippen LogP) is 4.35. The zero-order chi connectivity index (χ0) is 22.9. The van der Waals surface area contributed by atoms with Crippen molar-refractivity contribution in [3.8, 4) is 11.8 Å². The Balaban J connectivity index is 1.50. The first-order chi connectivity index (χ1) is 16.0. The molecule has 0 bridgehead atoms. The predicted molar refractivity (Wildman–Crippen MR) is 122 cm³/mol. The van der Waals surface area contributed by atoms with Crippen LogP contribution in [0.2, 0.25) is 0 Å². The van der Waals surface area contributed by atoms with Crippen molar-refractivity contribution in [3.63, 3.8) is 0 Å². The van der Waals surface area contributed by atoms with Crippen LogP contribution in [0.15, 0.2) is 66.7 Å². The zero-order valence-electron chi connectivity index (χ0n) is 17.8. The number of aliphatic hydroxyl groups excluding tert-OH is 1. The van der Waals surface area contributed by atoms with E-state index < -0.39 is 0 Å². The molecule has 1 fully saturated rings. The molecule has 0 unspecified atom stereocenters. The van der Waals surface area contributed by atoms with Crippen molar-refractivity contribution in [2.45, 2.75) is 18.5 Å². The van der Waals surface area contributed by atoms with Crippen molar-refractivity contribution in [2.24, 2.45) is 5.92 Å². The minimum atomic E-state index is -0.386. The van der Waals surface area contributed by atoms with Crippen LogP contribution in [0.25, 0.3) is 0 Å². The third-order valence-electron chi connectivity index (χ3n) is 6.42. The topological polar surface area (TPSA) is 52.6 Å². The summed E-state index contributed by atoms with van der Waals surface area (Å²) >= 11 is 0. The Morgan fingerprint density at radius 2 is 1.61 bits per heavy atom. The van der Waals surface area contributed by atoms with Gasteiger partial charge in [-0.3, -0.25) is 4.79 Å². The van der Waals surface area contributed by atoms with Crippen molar-refractivity contribution >= 4 is 11.6 Å². The maximum absolute atomic E-state index is 13.4. The van der Waals surface area contributed by atoms with E-state index >= 15 is 0 Å². The minimum Gasteiger partial charge on any atom is -0.394 e. The molecule has 1 amide bonds. The molecule has 3 aromatic rings. The fourth-order valence-corrected chi connectivity index (χ4v) is 4.80. The van der Waals surface area contributed by atoms with Crippen LogP contribution in [0.3, 0.4) is 0 Å². The normalized spacial score (nSPS) is 20.8. The lowest BCUT2D eigenvalue weighted by molar-refractivity contribution is 0.0701. The molecule has 2 aliphatic heterocycles. The van der Waals surface area contributed by atoms with Crippen LogP contribution in [0, 0.1) is 29.4 Å². The van der Waals surface area contributed by atoms with Crippen molar-refractivity contribution < 1.29 is 18.7 Å². The summed E-state index contributed by atoms with van der Waals surface area (Å²) in [6.45, 7) is 0.514. The first kappa shape index (κ1) is 21.2. The number of hydrogen-bond acceptors (Lipinski definition) is 3. The number of benzene rings is 3. The second-order valence-corrected chi connectivity index (χ2v) is 8.40. The fraction of sp³-hybridized carbons (Fsp3) is 0.222. The Labute approximate surface area is 190 Å². The summed E-state index contributed by atoms with van der Waals surface area (Å²) in [4.78, 5) is 15.1. The van der Waals surface area contributed by atoms with E-state index in [1.165, 1.54) is 36.4 Å². The molecule has 2 aliphatic rings. The molecule has 0 radical (unpaired) electrons. The van der Waals surface area contributed by atoms with Gasteiger partial charge in [0.1, 0.15) is 11.6 Å². The third-order valence-corrected chi connectivity index (χ3v) is 6.42. The average Bonchev–Trinajstić information content (AvgIpc) is 3.29. The summed E-state index contributed by atoms with van der Waals surface area (Å²) in [6, 6.07) is 17.0. The first-order valence-corrected chi connectivity index (χ1v) is 10.9. The molecule has 33 heavy (non-hydrogen) atoms. The Hall–Kier alpha value is -3.69. The quantitative estimate of drug-likeness (QED) is 0.578. The van der Waals surface area contributed by atoms with Gasteiger partial charge >= 0.3 is 0 Å². The van der Waals surface area contributed by atoms with E-state index in [9.17, 15) is 18.7 Å². The van der Waals surface area contributed by atoms with Crippen LogP contribution in [0.1, 0.15) is 39.5 Å². The van der Waals surface area contributed by atoms with Crippen LogP contribution < -0.4 is 5.32 Å². The molecule has 0 aromatic heterocycles. The number of aliphatic hydroxyl groups is 1. The molecule has 3 atom stereocenters. The van der Waals surface area contributed by atoms with Gasteiger partial charge in [0.2, 0.25) is 0 Å². The Bertz CT molecular complexity index is 1250. The van der Waals surface area contributed by atoms with Crippen LogP contribution in [0.4, 0.5) is 14.5 Å². The number of halogens is 2. The maximum atomic E-state index is 13.4. The Kier molecular flexibility index (Phi) is 5.57. The fourth-order valence-electron chi connectivity index (χ4n) is 4.80. The lowest BCUT2D eigenvalue weighted by Gasteiger charge is -2.39. The number of likely N-dealkylation sites (tertiary alicyclic amines) is 1. The molecule has 0 aliphatic carbocycles. The highest BCUT2D eigenvalue weighted by atomic mass is 19.1. The minimum absolute atomic E-state index is 0.0364. The number of hydrogen-bond donors (Lipinski definition) is 2. The molecule has 4 nitrogen and oxygen atoms in total. The SMILES string of the molecule is O=C(c1ccc(F)cc1)N1CC[C@@H]2[C@@H](CO)Nc3ccc(C#Cc4ccc(F)cc4)cc3[C@@H]21. The monoisotopic (exact) mass is 444 g/mol. The number of carbonyl (C=O) groups is 1. The van der Waals surface area contributed by atoms with E-state index in [0.29, 0.717) is 17.7 Å². The van der Waals surface area contributed by atoms with E-state index in [-0.39, 0.29) is 42.2 Å². The molecule has 1 saturated heterocycles. The van der Waals surface area contributed by atoms with E-state index in [2.05, 4.69) is 17.2 Å².